The molecule has 1 nitrogen and oxygen atoms in total. The van der Waals surface area contributed by atoms with Gasteiger partial charge in [0.2, 0.25) is 0 Å². The highest BCUT2D eigenvalue weighted by Gasteiger charge is 2.04. The second-order valence-corrected chi connectivity index (χ2v) is 6.94. The van der Waals surface area contributed by atoms with Crippen LogP contribution in [0.5, 0.6) is 0 Å². The lowest BCUT2D eigenvalue weighted by atomic mass is 10.0. The molecule has 1 N–H and O–H groups in total. The molecular formula is C18H31NS. The Morgan fingerprint density at radius 3 is 2.35 bits per heavy atom. The molecule has 1 aromatic carbocycles. The summed E-state index contributed by atoms with van der Waals surface area (Å²) in [6, 6.07) is 9.79. The van der Waals surface area contributed by atoms with Gasteiger partial charge in [0.15, 0.2) is 0 Å². The molecule has 0 saturated heterocycles. The SMILES string of the molecule is CCCNC(CC)CCCSc1ccc(C(C)C)cc1. The second-order valence-electron chi connectivity index (χ2n) is 5.77. The second kappa shape index (κ2) is 10.3. The first kappa shape index (κ1) is 17.6. The largest absolute Gasteiger partial charge is 0.314 e. The van der Waals surface area contributed by atoms with Gasteiger partial charge in [-0.25, -0.2) is 0 Å². The predicted octanol–water partition coefficient (Wildman–Crippen LogP) is 5.46. The van der Waals surface area contributed by atoms with Crippen molar-refractivity contribution in [3.63, 3.8) is 0 Å². The molecule has 0 aromatic heterocycles. The molecule has 0 amide bonds. The fourth-order valence-electron chi connectivity index (χ4n) is 2.27. The molecule has 1 unspecified atom stereocenters. The van der Waals surface area contributed by atoms with E-state index in [2.05, 4.69) is 57.3 Å². The summed E-state index contributed by atoms with van der Waals surface area (Å²) in [5.74, 6) is 1.86. The standard InChI is InChI=1S/C18H31NS/c1-5-13-19-17(6-2)8-7-14-20-18-11-9-16(10-12-18)15(3)4/h9-12,15,17,19H,5-8,13-14H2,1-4H3. The molecule has 1 rings (SSSR count). The van der Waals surface area contributed by atoms with Crippen molar-refractivity contribution in [1.82, 2.24) is 5.32 Å². The lowest BCUT2D eigenvalue weighted by Gasteiger charge is -2.16. The third-order valence-corrected chi connectivity index (χ3v) is 4.79. The quantitative estimate of drug-likeness (QED) is 0.454. The first-order chi connectivity index (χ1) is 9.67. The smallest absolute Gasteiger partial charge is 0.00721 e. The highest BCUT2D eigenvalue weighted by atomic mass is 32.2. The molecule has 1 aromatic rings. The Kier molecular flexibility index (Phi) is 9.04. The van der Waals surface area contributed by atoms with E-state index in [0.717, 1.165) is 6.54 Å². The summed E-state index contributed by atoms with van der Waals surface area (Å²) in [5, 5.41) is 3.63. The lowest BCUT2D eigenvalue weighted by Crippen LogP contribution is -2.29. The lowest BCUT2D eigenvalue weighted by molar-refractivity contribution is 0.465. The first-order valence-electron chi connectivity index (χ1n) is 8.13. The average Bonchev–Trinajstić information content (AvgIpc) is 2.47. The summed E-state index contributed by atoms with van der Waals surface area (Å²) >= 11 is 1.99. The minimum Gasteiger partial charge on any atom is -0.314 e. The van der Waals surface area contributed by atoms with Gasteiger partial charge in [-0.3, -0.25) is 0 Å². The van der Waals surface area contributed by atoms with E-state index in [4.69, 9.17) is 0 Å². The van der Waals surface area contributed by atoms with E-state index in [1.807, 2.05) is 11.8 Å². The van der Waals surface area contributed by atoms with Crippen LogP contribution in [0, 0.1) is 0 Å². The Labute approximate surface area is 129 Å². The number of hydrogen-bond acceptors (Lipinski definition) is 2. The molecule has 114 valence electrons. The molecule has 20 heavy (non-hydrogen) atoms. The number of benzene rings is 1. The van der Waals surface area contributed by atoms with Gasteiger partial charge in [0.05, 0.1) is 0 Å². The highest BCUT2D eigenvalue weighted by Crippen LogP contribution is 2.23. The van der Waals surface area contributed by atoms with E-state index < -0.39 is 0 Å². The van der Waals surface area contributed by atoms with Crippen LogP contribution in [0.3, 0.4) is 0 Å². The van der Waals surface area contributed by atoms with Gasteiger partial charge >= 0.3 is 0 Å². The van der Waals surface area contributed by atoms with Gasteiger partial charge in [-0.1, -0.05) is 39.8 Å². The van der Waals surface area contributed by atoms with Crippen molar-refractivity contribution < 1.29 is 0 Å². The zero-order valence-electron chi connectivity index (χ0n) is 13.6. The van der Waals surface area contributed by atoms with Gasteiger partial charge in [0, 0.05) is 10.9 Å². The van der Waals surface area contributed by atoms with E-state index in [0.29, 0.717) is 12.0 Å². The predicted molar refractivity (Wildman–Crippen MR) is 92.9 cm³/mol. The van der Waals surface area contributed by atoms with Crippen molar-refractivity contribution in [2.75, 3.05) is 12.3 Å². The summed E-state index contributed by atoms with van der Waals surface area (Å²) in [5.41, 5.74) is 1.43. The fourth-order valence-corrected chi connectivity index (χ4v) is 3.14. The van der Waals surface area contributed by atoms with Crippen molar-refractivity contribution in [3.05, 3.63) is 29.8 Å². The molecule has 0 spiro atoms. The molecular weight excluding hydrogens is 262 g/mol. The summed E-state index contributed by atoms with van der Waals surface area (Å²) in [7, 11) is 0. The van der Waals surface area contributed by atoms with E-state index >= 15 is 0 Å². The summed E-state index contributed by atoms with van der Waals surface area (Å²) < 4.78 is 0. The monoisotopic (exact) mass is 293 g/mol. The maximum atomic E-state index is 3.63. The molecule has 0 aliphatic rings. The van der Waals surface area contributed by atoms with Crippen LogP contribution in [-0.4, -0.2) is 18.3 Å². The number of nitrogens with one attached hydrogen (secondary N) is 1. The summed E-state index contributed by atoms with van der Waals surface area (Å²) in [4.78, 5) is 1.41. The maximum Gasteiger partial charge on any atom is 0.00721 e. The van der Waals surface area contributed by atoms with Crippen LogP contribution >= 0.6 is 11.8 Å². The van der Waals surface area contributed by atoms with Crippen LogP contribution in [0.4, 0.5) is 0 Å². The Morgan fingerprint density at radius 1 is 1.10 bits per heavy atom. The van der Waals surface area contributed by atoms with Gasteiger partial charge in [-0.05, 0) is 61.6 Å². The maximum absolute atomic E-state index is 3.63. The van der Waals surface area contributed by atoms with Crippen LogP contribution < -0.4 is 5.32 Å². The normalized spacial score (nSPS) is 12.8. The van der Waals surface area contributed by atoms with Crippen LogP contribution in [0.1, 0.15) is 64.9 Å². The molecule has 0 heterocycles. The number of thioether (sulfide) groups is 1. The van der Waals surface area contributed by atoms with Crippen molar-refractivity contribution in [1.29, 1.82) is 0 Å². The zero-order valence-corrected chi connectivity index (χ0v) is 14.4. The fraction of sp³-hybridized carbons (Fsp3) is 0.667. The van der Waals surface area contributed by atoms with Crippen molar-refractivity contribution in [3.8, 4) is 0 Å². The Balaban J connectivity index is 2.23. The first-order valence-corrected chi connectivity index (χ1v) is 9.12. The van der Waals surface area contributed by atoms with Crippen LogP contribution in [-0.2, 0) is 0 Å². The van der Waals surface area contributed by atoms with Crippen LogP contribution in [0.2, 0.25) is 0 Å². The number of hydrogen-bond donors (Lipinski definition) is 1. The van der Waals surface area contributed by atoms with E-state index in [-0.39, 0.29) is 0 Å². The molecule has 0 aliphatic carbocycles. The molecule has 0 radical (unpaired) electrons. The highest BCUT2D eigenvalue weighted by molar-refractivity contribution is 7.99. The van der Waals surface area contributed by atoms with Gasteiger partial charge in [0.25, 0.3) is 0 Å². The van der Waals surface area contributed by atoms with E-state index in [1.54, 1.807) is 0 Å². The van der Waals surface area contributed by atoms with Crippen LogP contribution in [0.15, 0.2) is 29.2 Å². The molecule has 0 bridgehead atoms. The summed E-state index contributed by atoms with van der Waals surface area (Å²) in [6.07, 6.45) is 5.07. The average molecular weight is 294 g/mol. The van der Waals surface area contributed by atoms with Crippen molar-refractivity contribution in [2.24, 2.45) is 0 Å². The number of rotatable bonds is 10. The van der Waals surface area contributed by atoms with Gasteiger partial charge in [-0.15, -0.1) is 11.8 Å². The van der Waals surface area contributed by atoms with Crippen molar-refractivity contribution in [2.45, 2.75) is 70.2 Å². The third kappa shape index (κ3) is 6.81. The summed E-state index contributed by atoms with van der Waals surface area (Å²) in [6.45, 7) is 10.2. The van der Waals surface area contributed by atoms with Crippen LogP contribution in [0.25, 0.3) is 0 Å². The van der Waals surface area contributed by atoms with Gasteiger partial charge < -0.3 is 5.32 Å². The molecule has 0 fully saturated rings. The third-order valence-electron chi connectivity index (χ3n) is 3.69. The van der Waals surface area contributed by atoms with E-state index in [1.165, 1.54) is 41.9 Å². The van der Waals surface area contributed by atoms with Gasteiger partial charge in [0.1, 0.15) is 0 Å². The minimum absolute atomic E-state index is 0.629. The van der Waals surface area contributed by atoms with Gasteiger partial charge in [-0.2, -0.15) is 0 Å². The Hall–Kier alpha value is -0.470. The van der Waals surface area contributed by atoms with Crippen molar-refractivity contribution >= 4 is 11.8 Å². The van der Waals surface area contributed by atoms with E-state index in [9.17, 15) is 0 Å². The topological polar surface area (TPSA) is 12.0 Å². The Morgan fingerprint density at radius 2 is 1.80 bits per heavy atom. The molecule has 1 atom stereocenters. The molecule has 2 heteroatoms. The Bertz CT molecular complexity index is 345. The molecule has 0 saturated carbocycles. The minimum atomic E-state index is 0.629. The zero-order chi connectivity index (χ0) is 14.8. The molecule has 0 aliphatic heterocycles.